The third-order valence-electron chi connectivity index (χ3n) is 4.00. The number of halogens is 3. The van der Waals surface area contributed by atoms with Crippen molar-refractivity contribution in [1.82, 2.24) is 0 Å². The van der Waals surface area contributed by atoms with Gasteiger partial charge in [-0.25, -0.2) is 13.2 Å². The summed E-state index contributed by atoms with van der Waals surface area (Å²) in [5.74, 6) is -3.37. The van der Waals surface area contributed by atoms with Gasteiger partial charge in [0, 0.05) is 24.4 Å². The maximum absolute atomic E-state index is 13.9. The SMILES string of the molecule is CC(F)(F)c1ccc(F)c(C2(CN)CCCC2)c1. The highest BCUT2D eigenvalue weighted by atomic mass is 19.3. The van der Waals surface area contributed by atoms with Crippen molar-refractivity contribution in [3.63, 3.8) is 0 Å². The minimum atomic E-state index is -2.95. The van der Waals surface area contributed by atoms with Gasteiger partial charge in [0.2, 0.25) is 0 Å². The molecule has 0 atom stereocenters. The lowest BCUT2D eigenvalue weighted by atomic mass is 9.78. The first-order valence-electron chi connectivity index (χ1n) is 6.27. The number of hydrogen-bond acceptors (Lipinski definition) is 1. The molecule has 0 heterocycles. The third kappa shape index (κ3) is 2.26. The van der Waals surface area contributed by atoms with Gasteiger partial charge in [0.05, 0.1) is 0 Å². The van der Waals surface area contributed by atoms with Crippen molar-refractivity contribution in [2.45, 2.75) is 43.9 Å². The predicted octanol–water partition coefficient (Wildman–Crippen LogP) is 3.71. The molecule has 1 fully saturated rings. The molecule has 0 saturated heterocycles. The van der Waals surface area contributed by atoms with E-state index in [2.05, 4.69) is 0 Å². The van der Waals surface area contributed by atoms with Crippen LogP contribution in [0.2, 0.25) is 0 Å². The van der Waals surface area contributed by atoms with E-state index in [9.17, 15) is 13.2 Å². The molecule has 1 aliphatic rings. The summed E-state index contributed by atoms with van der Waals surface area (Å²) >= 11 is 0. The van der Waals surface area contributed by atoms with Gasteiger partial charge in [0.25, 0.3) is 5.92 Å². The molecule has 1 aromatic rings. The second-order valence-electron chi connectivity index (χ2n) is 5.27. The van der Waals surface area contributed by atoms with Crippen LogP contribution in [0.1, 0.15) is 43.7 Å². The largest absolute Gasteiger partial charge is 0.330 e. The van der Waals surface area contributed by atoms with Gasteiger partial charge >= 0.3 is 0 Å². The molecular weight excluding hydrogens is 239 g/mol. The van der Waals surface area contributed by atoms with E-state index in [1.807, 2.05) is 0 Å². The topological polar surface area (TPSA) is 26.0 Å². The normalized spacial score (nSPS) is 19.2. The Morgan fingerprint density at radius 2 is 1.89 bits per heavy atom. The van der Waals surface area contributed by atoms with Crippen LogP contribution in [0.25, 0.3) is 0 Å². The zero-order valence-electron chi connectivity index (χ0n) is 10.5. The first-order chi connectivity index (χ1) is 8.39. The minimum absolute atomic E-state index is 0.140. The fourth-order valence-electron chi connectivity index (χ4n) is 2.84. The monoisotopic (exact) mass is 257 g/mol. The maximum atomic E-state index is 13.9. The van der Waals surface area contributed by atoms with Gasteiger partial charge in [0.15, 0.2) is 0 Å². The van der Waals surface area contributed by atoms with Gasteiger partial charge in [-0.2, -0.15) is 0 Å². The lowest BCUT2D eigenvalue weighted by Crippen LogP contribution is -2.33. The third-order valence-corrected chi connectivity index (χ3v) is 4.00. The second-order valence-corrected chi connectivity index (χ2v) is 5.27. The highest BCUT2D eigenvalue weighted by molar-refractivity contribution is 5.35. The lowest BCUT2D eigenvalue weighted by molar-refractivity contribution is 0.0172. The van der Waals surface area contributed by atoms with Crippen LogP contribution in [0.4, 0.5) is 13.2 Å². The summed E-state index contributed by atoms with van der Waals surface area (Å²) in [4.78, 5) is 0. The molecule has 1 aromatic carbocycles. The molecular formula is C14H18F3N. The van der Waals surface area contributed by atoms with E-state index in [-0.39, 0.29) is 5.56 Å². The average molecular weight is 257 g/mol. The number of nitrogens with two attached hydrogens (primary N) is 1. The van der Waals surface area contributed by atoms with E-state index in [4.69, 9.17) is 5.73 Å². The average Bonchev–Trinajstić information content (AvgIpc) is 2.77. The minimum Gasteiger partial charge on any atom is -0.330 e. The fraction of sp³-hybridized carbons (Fsp3) is 0.571. The molecule has 2 N–H and O–H groups in total. The lowest BCUT2D eigenvalue weighted by Gasteiger charge is -2.29. The number of rotatable bonds is 3. The Morgan fingerprint density at radius 1 is 1.28 bits per heavy atom. The Balaban J connectivity index is 2.49. The van der Waals surface area contributed by atoms with Crippen LogP contribution in [0, 0.1) is 5.82 Å². The van der Waals surface area contributed by atoms with Crippen LogP contribution in [0.3, 0.4) is 0 Å². The molecule has 0 aliphatic heterocycles. The number of alkyl halides is 2. The van der Waals surface area contributed by atoms with Crippen LogP contribution in [0.15, 0.2) is 18.2 Å². The molecule has 2 rings (SSSR count). The molecule has 0 radical (unpaired) electrons. The van der Waals surface area contributed by atoms with E-state index in [1.165, 1.54) is 6.07 Å². The second kappa shape index (κ2) is 4.57. The molecule has 0 bridgehead atoms. The summed E-state index contributed by atoms with van der Waals surface area (Å²) < 4.78 is 40.6. The molecule has 100 valence electrons. The van der Waals surface area contributed by atoms with Gasteiger partial charge in [-0.3, -0.25) is 0 Å². The van der Waals surface area contributed by atoms with E-state index < -0.39 is 17.2 Å². The van der Waals surface area contributed by atoms with Crippen molar-refractivity contribution in [1.29, 1.82) is 0 Å². The van der Waals surface area contributed by atoms with Crippen LogP contribution in [-0.4, -0.2) is 6.54 Å². The summed E-state index contributed by atoms with van der Waals surface area (Å²) in [5.41, 5.74) is 5.54. The Hall–Kier alpha value is -1.03. The Labute approximate surface area is 105 Å². The number of hydrogen-bond donors (Lipinski definition) is 1. The van der Waals surface area contributed by atoms with Crippen LogP contribution in [-0.2, 0) is 11.3 Å². The van der Waals surface area contributed by atoms with E-state index in [1.54, 1.807) is 0 Å². The highest BCUT2D eigenvalue weighted by Crippen LogP contribution is 2.42. The number of benzene rings is 1. The summed E-state index contributed by atoms with van der Waals surface area (Å²) in [6.45, 7) is 1.14. The Bertz CT molecular complexity index is 431. The van der Waals surface area contributed by atoms with E-state index in [0.717, 1.165) is 44.7 Å². The standard InChI is InChI=1S/C14H18F3N/c1-13(16,17)10-4-5-12(15)11(8-10)14(9-18)6-2-3-7-14/h4-5,8H,2-3,6-7,9,18H2,1H3. The first-order valence-corrected chi connectivity index (χ1v) is 6.27. The molecule has 1 aliphatic carbocycles. The zero-order valence-corrected chi connectivity index (χ0v) is 10.5. The van der Waals surface area contributed by atoms with Gasteiger partial charge in [-0.05, 0) is 30.5 Å². The van der Waals surface area contributed by atoms with Crippen molar-refractivity contribution < 1.29 is 13.2 Å². The summed E-state index contributed by atoms with van der Waals surface area (Å²) in [5, 5.41) is 0. The van der Waals surface area contributed by atoms with Crippen molar-refractivity contribution in [3.8, 4) is 0 Å². The smallest absolute Gasteiger partial charge is 0.270 e. The van der Waals surface area contributed by atoms with Crippen molar-refractivity contribution in [2.75, 3.05) is 6.54 Å². The van der Waals surface area contributed by atoms with Crippen LogP contribution in [0.5, 0.6) is 0 Å². The van der Waals surface area contributed by atoms with Crippen LogP contribution < -0.4 is 5.73 Å². The highest BCUT2D eigenvalue weighted by Gasteiger charge is 2.37. The van der Waals surface area contributed by atoms with Crippen molar-refractivity contribution >= 4 is 0 Å². The summed E-state index contributed by atoms with van der Waals surface area (Å²) in [6, 6.07) is 3.59. The molecule has 1 saturated carbocycles. The molecule has 0 unspecified atom stereocenters. The first kappa shape index (κ1) is 13.4. The molecule has 4 heteroatoms. The van der Waals surface area contributed by atoms with Crippen LogP contribution >= 0.6 is 0 Å². The van der Waals surface area contributed by atoms with E-state index in [0.29, 0.717) is 12.1 Å². The quantitative estimate of drug-likeness (QED) is 0.877. The zero-order chi connectivity index (χ0) is 13.4. The Kier molecular flexibility index (Phi) is 3.41. The fourth-order valence-corrected chi connectivity index (χ4v) is 2.84. The van der Waals surface area contributed by atoms with Gasteiger partial charge in [-0.15, -0.1) is 0 Å². The Morgan fingerprint density at radius 3 is 2.39 bits per heavy atom. The van der Waals surface area contributed by atoms with Gasteiger partial charge < -0.3 is 5.73 Å². The predicted molar refractivity (Wildman–Crippen MR) is 65.2 cm³/mol. The maximum Gasteiger partial charge on any atom is 0.270 e. The summed E-state index contributed by atoms with van der Waals surface area (Å²) in [7, 11) is 0. The molecule has 0 aromatic heterocycles. The van der Waals surface area contributed by atoms with Gasteiger partial charge in [-0.1, -0.05) is 18.9 Å². The van der Waals surface area contributed by atoms with Crippen molar-refractivity contribution in [3.05, 3.63) is 35.1 Å². The summed E-state index contributed by atoms with van der Waals surface area (Å²) in [6.07, 6.45) is 3.51. The molecule has 18 heavy (non-hydrogen) atoms. The van der Waals surface area contributed by atoms with E-state index >= 15 is 0 Å². The molecule has 1 nitrogen and oxygen atoms in total. The van der Waals surface area contributed by atoms with Crippen molar-refractivity contribution in [2.24, 2.45) is 5.73 Å². The molecule has 0 spiro atoms. The van der Waals surface area contributed by atoms with Gasteiger partial charge in [0.1, 0.15) is 5.82 Å². The molecule has 0 amide bonds.